The van der Waals surface area contributed by atoms with Crippen LogP contribution in [0, 0.1) is 6.92 Å². The van der Waals surface area contributed by atoms with E-state index >= 15 is 0 Å². The summed E-state index contributed by atoms with van der Waals surface area (Å²) in [7, 11) is 0. The number of ether oxygens (including phenoxy) is 1. The van der Waals surface area contributed by atoms with E-state index in [9.17, 15) is 0 Å². The van der Waals surface area contributed by atoms with Crippen molar-refractivity contribution in [2.75, 3.05) is 42.3 Å². The van der Waals surface area contributed by atoms with Crippen LogP contribution in [0.3, 0.4) is 0 Å². The smallest absolute Gasteiger partial charge is 0.0642 e. The van der Waals surface area contributed by atoms with Gasteiger partial charge in [0.25, 0.3) is 0 Å². The van der Waals surface area contributed by atoms with Crippen LogP contribution in [0.5, 0.6) is 0 Å². The first-order valence-electron chi connectivity index (χ1n) is 7.28. The van der Waals surface area contributed by atoms with Gasteiger partial charge in [-0.05, 0) is 48.9 Å². The molecule has 3 rings (SSSR count). The van der Waals surface area contributed by atoms with Crippen LogP contribution in [-0.2, 0) is 4.74 Å². The van der Waals surface area contributed by atoms with Crippen LogP contribution in [0.4, 0.5) is 22.7 Å². The van der Waals surface area contributed by atoms with E-state index in [1.54, 1.807) is 0 Å². The van der Waals surface area contributed by atoms with Crippen molar-refractivity contribution in [3.05, 3.63) is 48.0 Å². The van der Waals surface area contributed by atoms with E-state index in [0.29, 0.717) is 0 Å². The second kappa shape index (κ2) is 6.06. The van der Waals surface area contributed by atoms with Crippen LogP contribution < -0.4 is 16.0 Å². The van der Waals surface area contributed by atoms with Crippen LogP contribution >= 0.6 is 0 Å². The summed E-state index contributed by atoms with van der Waals surface area (Å²) in [5, 5.41) is 3.42. The van der Waals surface area contributed by atoms with Gasteiger partial charge in [-0.1, -0.05) is 6.07 Å². The molecule has 2 aromatic rings. The number of anilines is 4. The summed E-state index contributed by atoms with van der Waals surface area (Å²) >= 11 is 0. The standard InChI is InChI=1S/C17H21N3O/c1-13-2-3-14(18)12-17(13)19-15-4-6-16(7-5-15)20-8-10-21-11-9-20/h2-7,12,19H,8-11,18H2,1H3. The lowest BCUT2D eigenvalue weighted by molar-refractivity contribution is 0.122. The maximum atomic E-state index is 5.84. The zero-order valence-corrected chi connectivity index (χ0v) is 12.3. The molecule has 1 heterocycles. The summed E-state index contributed by atoms with van der Waals surface area (Å²) in [6.45, 7) is 5.61. The Bertz CT molecular complexity index is 604. The summed E-state index contributed by atoms with van der Waals surface area (Å²) in [5.41, 5.74) is 11.2. The normalized spacial score (nSPS) is 15.0. The Morgan fingerprint density at radius 2 is 1.76 bits per heavy atom. The third kappa shape index (κ3) is 3.28. The summed E-state index contributed by atoms with van der Waals surface area (Å²) in [4.78, 5) is 2.35. The molecule has 0 aromatic heterocycles. The molecule has 3 N–H and O–H groups in total. The molecule has 0 saturated carbocycles. The molecule has 21 heavy (non-hydrogen) atoms. The molecule has 0 bridgehead atoms. The van der Waals surface area contributed by atoms with Crippen molar-refractivity contribution in [1.29, 1.82) is 0 Å². The van der Waals surface area contributed by atoms with E-state index in [2.05, 4.69) is 41.4 Å². The summed E-state index contributed by atoms with van der Waals surface area (Å²) < 4.78 is 5.38. The molecule has 1 aliphatic rings. The Morgan fingerprint density at radius 3 is 2.48 bits per heavy atom. The molecule has 0 unspecified atom stereocenters. The van der Waals surface area contributed by atoms with Crippen LogP contribution in [0.1, 0.15) is 5.56 Å². The second-order valence-electron chi connectivity index (χ2n) is 5.35. The second-order valence-corrected chi connectivity index (χ2v) is 5.35. The van der Waals surface area contributed by atoms with Crippen molar-refractivity contribution in [3.8, 4) is 0 Å². The highest BCUT2D eigenvalue weighted by Crippen LogP contribution is 2.25. The third-order valence-corrected chi connectivity index (χ3v) is 3.78. The van der Waals surface area contributed by atoms with Gasteiger partial charge in [-0.2, -0.15) is 0 Å². The van der Waals surface area contributed by atoms with Crippen molar-refractivity contribution < 1.29 is 4.74 Å². The Labute approximate surface area is 125 Å². The maximum Gasteiger partial charge on any atom is 0.0642 e. The van der Waals surface area contributed by atoms with Crippen molar-refractivity contribution in [2.24, 2.45) is 0 Å². The molecule has 1 aliphatic heterocycles. The Morgan fingerprint density at radius 1 is 1.05 bits per heavy atom. The molecule has 0 atom stereocenters. The molecule has 1 saturated heterocycles. The molecule has 4 nitrogen and oxygen atoms in total. The van der Waals surface area contributed by atoms with Gasteiger partial charge in [0.1, 0.15) is 0 Å². The number of nitrogens with two attached hydrogens (primary N) is 1. The number of nitrogens with zero attached hydrogens (tertiary/aromatic N) is 1. The van der Waals surface area contributed by atoms with E-state index in [0.717, 1.165) is 43.4 Å². The minimum Gasteiger partial charge on any atom is -0.399 e. The third-order valence-electron chi connectivity index (χ3n) is 3.78. The number of nitrogen functional groups attached to an aromatic ring is 1. The Kier molecular flexibility index (Phi) is 3.97. The first-order chi connectivity index (χ1) is 10.2. The molecule has 2 aromatic carbocycles. The largest absolute Gasteiger partial charge is 0.399 e. The SMILES string of the molecule is Cc1ccc(N)cc1Nc1ccc(N2CCOCC2)cc1. The Balaban J connectivity index is 1.73. The van der Waals surface area contributed by atoms with Crippen LogP contribution in [-0.4, -0.2) is 26.3 Å². The highest BCUT2D eigenvalue weighted by atomic mass is 16.5. The molecule has 1 fully saturated rings. The highest BCUT2D eigenvalue weighted by molar-refractivity contribution is 5.68. The van der Waals surface area contributed by atoms with Crippen molar-refractivity contribution in [2.45, 2.75) is 6.92 Å². The predicted molar refractivity (Wildman–Crippen MR) is 88.3 cm³/mol. The van der Waals surface area contributed by atoms with Crippen molar-refractivity contribution in [3.63, 3.8) is 0 Å². The molecule has 0 amide bonds. The highest BCUT2D eigenvalue weighted by Gasteiger charge is 2.10. The number of benzene rings is 2. The van der Waals surface area contributed by atoms with Crippen molar-refractivity contribution >= 4 is 22.7 Å². The number of hydrogen-bond acceptors (Lipinski definition) is 4. The van der Waals surface area contributed by atoms with Gasteiger partial charge in [0.05, 0.1) is 13.2 Å². The van der Waals surface area contributed by atoms with Gasteiger partial charge >= 0.3 is 0 Å². The van der Waals surface area contributed by atoms with E-state index in [-0.39, 0.29) is 0 Å². The quantitative estimate of drug-likeness (QED) is 0.850. The fraction of sp³-hybridized carbons (Fsp3) is 0.294. The summed E-state index contributed by atoms with van der Waals surface area (Å²) in [6, 6.07) is 14.4. The first kappa shape index (κ1) is 13.8. The van der Waals surface area contributed by atoms with Gasteiger partial charge in [0.15, 0.2) is 0 Å². The van der Waals surface area contributed by atoms with Gasteiger partial charge in [-0.15, -0.1) is 0 Å². The van der Waals surface area contributed by atoms with Crippen LogP contribution in [0.25, 0.3) is 0 Å². The lowest BCUT2D eigenvalue weighted by Gasteiger charge is -2.29. The van der Waals surface area contributed by atoms with Crippen LogP contribution in [0.15, 0.2) is 42.5 Å². The van der Waals surface area contributed by atoms with Crippen molar-refractivity contribution in [1.82, 2.24) is 0 Å². The van der Waals surface area contributed by atoms with E-state index in [4.69, 9.17) is 10.5 Å². The van der Waals surface area contributed by atoms with Gasteiger partial charge in [-0.3, -0.25) is 0 Å². The zero-order chi connectivity index (χ0) is 14.7. The van der Waals surface area contributed by atoms with Gasteiger partial charge in [-0.25, -0.2) is 0 Å². The number of nitrogens with one attached hydrogen (secondary N) is 1. The number of aryl methyl sites for hydroxylation is 1. The summed E-state index contributed by atoms with van der Waals surface area (Å²) in [6.07, 6.45) is 0. The average Bonchev–Trinajstić information content (AvgIpc) is 2.53. The number of hydrogen-bond donors (Lipinski definition) is 2. The predicted octanol–water partition coefficient (Wildman–Crippen LogP) is 3.16. The Hall–Kier alpha value is -2.20. The molecule has 4 heteroatoms. The maximum absolute atomic E-state index is 5.84. The zero-order valence-electron chi connectivity index (χ0n) is 12.3. The minimum absolute atomic E-state index is 0.771. The van der Waals surface area contributed by atoms with Crippen LogP contribution in [0.2, 0.25) is 0 Å². The average molecular weight is 283 g/mol. The van der Waals surface area contributed by atoms with Gasteiger partial charge in [0, 0.05) is 35.8 Å². The minimum atomic E-state index is 0.771. The molecule has 0 aliphatic carbocycles. The van der Waals surface area contributed by atoms with Gasteiger partial charge in [0.2, 0.25) is 0 Å². The molecular weight excluding hydrogens is 262 g/mol. The molecular formula is C17H21N3O. The first-order valence-corrected chi connectivity index (χ1v) is 7.28. The number of morpholine rings is 1. The topological polar surface area (TPSA) is 50.5 Å². The fourth-order valence-corrected chi connectivity index (χ4v) is 2.51. The number of rotatable bonds is 3. The monoisotopic (exact) mass is 283 g/mol. The molecule has 0 radical (unpaired) electrons. The van der Waals surface area contributed by atoms with Gasteiger partial charge < -0.3 is 20.7 Å². The fourth-order valence-electron chi connectivity index (χ4n) is 2.51. The van der Waals surface area contributed by atoms with E-state index < -0.39 is 0 Å². The summed E-state index contributed by atoms with van der Waals surface area (Å²) in [5.74, 6) is 0. The lowest BCUT2D eigenvalue weighted by atomic mass is 10.1. The van der Waals surface area contributed by atoms with E-state index in [1.807, 2.05) is 18.2 Å². The van der Waals surface area contributed by atoms with E-state index in [1.165, 1.54) is 11.3 Å². The molecule has 0 spiro atoms. The molecule has 110 valence electrons. The lowest BCUT2D eigenvalue weighted by Crippen LogP contribution is -2.36.